The van der Waals surface area contributed by atoms with Crippen molar-refractivity contribution < 1.29 is 19.2 Å². The molecule has 52 heavy (non-hydrogen) atoms. The Morgan fingerprint density at radius 2 is 0.654 bits per heavy atom. The number of carbonyl (C=O) groups excluding carboxylic acids is 4. The number of amides is 4. The number of nitrogens with zero attached hydrogens (tertiary/aromatic N) is 4. The summed E-state index contributed by atoms with van der Waals surface area (Å²) in [4.78, 5) is 63.9. The fourth-order valence-electron chi connectivity index (χ4n) is 8.45. The fraction of sp³-hybridized carbons (Fsp3) is 0.455. The van der Waals surface area contributed by atoms with Crippen molar-refractivity contribution in [1.29, 1.82) is 0 Å². The van der Waals surface area contributed by atoms with E-state index in [1.165, 1.54) is 9.80 Å². The summed E-state index contributed by atoms with van der Waals surface area (Å²) in [5.41, 5.74) is 2.19. The first-order valence-electron chi connectivity index (χ1n) is 19.7. The number of benzene rings is 5. The molecule has 0 saturated heterocycles. The fourth-order valence-corrected chi connectivity index (χ4v) is 8.45. The average molecular weight is 701 g/mol. The van der Waals surface area contributed by atoms with Gasteiger partial charge in [0.25, 0.3) is 23.6 Å². The Morgan fingerprint density at radius 3 is 0.904 bits per heavy atom. The Hall–Kier alpha value is -4.40. The third-order valence-electron chi connectivity index (χ3n) is 11.4. The molecule has 5 aromatic rings. The van der Waals surface area contributed by atoms with Crippen LogP contribution < -0.4 is 0 Å². The lowest BCUT2D eigenvalue weighted by molar-refractivity contribution is 0.0576. The van der Waals surface area contributed by atoms with E-state index in [4.69, 9.17) is 0 Å². The van der Waals surface area contributed by atoms with Crippen LogP contribution in [0.15, 0.2) is 48.5 Å². The van der Waals surface area contributed by atoms with Crippen LogP contribution in [0.2, 0.25) is 0 Å². The van der Waals surface area contributed by atoms with Crippen LogP contribution in [0, 0.1) is 0 Å². The lowest BCUT2D eigenvalue weighted by Gasteiger charge is -2.32. The summed E-state index contributed by atoms with van der Waals surface area (Å²) in [5.74, 6) is -0.991. The summed E-state index contributed by atoms with van der Waals surface area (Å²) >= 11 is 0. The van der Waals surface area contributed by atoms with E-state index in [0.717, 1.165) is 110 Å². The van der Waals surface area contributed by atoms with Crippen molar-refractivity contribution in [3.63, 3.8) is 0 Å². The molecule has 7 rings (SSSR count). The molecular formula is C44H52N4O4. The van der Waals surface area contributed by atoms with Gasteiger partial charge in [0.2, 0.25) is 0 Å². The number of hydrogen-bond acceptors (Lipinski definition) is 6. The minimum atomic E-state index is -0.248. The molecule has 0 atom stereocenters. The first kappa shape index (κ1) is 36.0. The van der Waals surface area contributed by atoms with Crippen LogP contribution >= 0.6 is 0 Å². The van der Waals surface area contributed by atoms with Crippen molar-refractivity contribution >= 4 is 66.7 Å². The molecule has 0 N–H and O–H groups in total. The molecular weight excluding hydrogens is 649 g/mol. The Kier molecular flexibility index (Phi) is 10.6. The van der Waals surface area contributed by atoms with Crippen molar-refractivity contribution in [2.24, 2.45) is 0 Å². The number of fused-ring (bicyclic) bond motifs is 2. The molecule has 8 heteroatoms. The topological polar surface area (TPSA) is 81.2 Å². The molecule has 0 aromatic heterocycles. The van der Waals surface area contributed by atoms with Crippen LogP contribution in [0.1, 0.15) is 120 Å². The number of unbranched alkanes of at least 4 members (excludes halogenated alkanes) is 4. The molecule has 0 bridgehead atoms. The first-order chi connectivity index (χ1) is 25.3. The summed E-state index contributed by atoms with van der Waals surface area (Å²) in [7, 11) is 0. The second kappa shape index (κ2) is 15.3. The first-order valence-corrected chi connectivity index (χ1v) is 19.7. The highest BCUT2D eigenvalue weighted by Crippen LogP contribution is 2.46. The van der Waals surface area contributed by atoms with Gasteiger partial charge in [-0.05, 0) is 108 Å². The summed E-state index contributed by atoms with van der Waals surface area (Å²) in [6.07, 6.45) is 8.78. The van der Waals surface area contributed by atoms with Gasteiger partial charge in [-0.2, -0.15) is 0 Å². The minimum Gasteiger partial charge on any atom is -0.302 e. The van der Waals surface area contributed by atoms with E-state index >= 15 is 0 Å². The summed E-state index contributed by atoms with van der Waals surface area (Å²) < 4.78 is 0. The van der Waals surface area contributed by atoms with Gasteiger partial charge in [0.15, 0.2) is 0 Å². The number of rotatable bonds is 18. The molecule has 5 aromatic carbocycles. The average Bonchev–Trinajstić information content (AvgIpc) is 3.16. The molecule has 4 amide bonds. The van der Waals surface area contributed by atoms with Gasteiger partial charge >= 0.3 is 0 Å². The highest BCUT2D eigenvalue weighted by atomic mass is 16.2. The SMILES string of the molecule is CCCCN(CCCC)CCN1C(=O)c2ccc3c4ccc5c6c(ccc(c7ccc(c2c37)C1=O)c64)C(=O)N(CCN(CCCC)CCCC)C5=O. The molecule has 2 heterocycles. The highest BCUT2D eigenvalue weighted by molar-refractivity contribution is 6.41. The van der Waals surface area contributed by atoms with Crippen LogP contribution in [-0.2, 0) is 0 Å². The van der Waals surface area contributed by atoms with Gasteiger partial charge in [0.1, 0.15) is 0 Å². The van der Waals surface area contributed by atoms with E-state index in [9.17, 15) is 19.2 Å². The van der Waals surface area contributed by atoms with Crippen LogP contribution in [0.4, 0.5) is 0 Å². The zero-order valence-electron chi connectivity index (χ0n) is 31.4. The normalized spacial score (nSPS) is 14.7. The summed E-state index contributed by atoms with van der Waals surface area (Å²) in [6, 6.07) is 15.4. The number of hydrogen-bond donors (Lipinski definition) is 0. The van der Waals surface area contributed by atoms with Crippen molar-refractivity contribution in [3.8, 4) is 0 Å². The predicted molar refractivity (Wildman–Crippen MR) is 211 cm³/mol. The van der Waals surface area contributed by atoms with Crippen molar-refractivity contribution in [2.75, 3.05) is 52.4 Å². The summed E-state index contributed by atoms with van der Waals surface area (Å²) in [6.45, 7) is 14.6. The minimum absolute atomic E-state index is 0.248. The van der Waals surface area contributed by atoms with Crippen LogP contribution in [0.3, 0.4) is 0 Å². The lowest BCUT2D eigenvalue weighted by Crippen LogP contribution is -2.45. The van der Waals surface area contributed by atoms with Crippen molar-refractivity contribution in [1.82, 2.24) is 19.6 Å². The standard InChI is InChI=1S/C44H52N4O4/c1-5-9-21-45(22-10-6-2)25-27-47-41(49)33-17-13-29-31-15-19-35-40-36(44(52)48(43(35)51)28-26-46(23-11-7-3)24-12-8-4)20-16-32(38(31)40)30-14-18-34(42(47)50)39(33)37(29)30/h13-20H,5-12,21-28H2,1-4H3. The smallest absolute Gasteiger partial charge is 0.261 e. The Balaban J connectivity index is 1.25. The molecule has 0 spiro atoms. The van der Waals surface area contributed by atoms with Gasteiger partial charge in [-0.3, -0.25) is 29.0 Å². The van der Waals surface area contributed by atoms with Gasteiger partial charge in [-0.1, -0.05) is 77.6 Å². The largest absolute Gasteiger partial charge is 0.302 e. The van der Waals surface area contributed by atoms with Gasteiger partial charge in [-0.25, -0.2) is 0 Å². The molecule has 0 unspecified atom stereocenters. The maximum absolute atomic E-state index is 14.1. The van der Waals surface area contributed by atoms with Gasteiger partial charge in [0.05, 0.1) is 0 Å². The van der Waals surface area contributed by atoms with Crippen LogP contribution in [0.5, 0.6) is 0 Å². The van der Waals surface area contributed by atoms with E-state index in [0.29, 0.717) is 59.2 Å². The van der Waals surface area contributed by atoms with Gasteiger partial charge < -0.3 is 9.80 Å². The zero-order valence-corrected chi connectivity index (χ0v) is 31.4. The molecule has 0 aliphatic carbocycles. The van der Waals surface area contributed by atoms with Crippen LogP contribution in [0.25, 0.3) is 43.1 Å². The van der Waals surface area contributed by atoms with E-state index in [1.807, 2.05) is 48.5 Å². The van der Waals surface area contributed by atoms with Crippen molar-refractivity contribution in [3.05, 3.63) is 70.8 Å². The zero-order chi connectivity index (χ0) is 36.5. The predicted octanol–water partition coefficient (Wildman–Crippen LogP) is 8.73. The third kappa shape index (κ3) is 6.13. The lowest BCUT2D eigenvalue weighted by atomic mass is 9.82. The number of imide groups is 2. The second-order valence-corrected chi connectivity index (χ2v) is 14.8. The van der Waals surface area contributed by atoms with Gasteiger partial charge in [0, 0.05) is 59.2 Å². The maximum Gasteiger partial charge on any atom is 0.261 e. The van der Waals surface area contributed by atoms with E-state index < -0.39 is 0 Å². The Morgan fingerprint density at radius 1 is 0.385 bits per heavy atom. The molecule has 0 radical (unpaired) electrons. The maximum atomic E-state index is 14.1. The van der Waals surface area contributed by atoms with E-state index in [1.54, 1.807) is 0 Å². The van der Waals surface area contributed by atoms with E-state index in [2.05, 4.69) is 37.5 Å². The quantitative estimate of drug-likeness (QED) is 0.0517. The Labute approximate surface area is 307 Å². The van der Waals surface area contributed by atoms with Crippen molar-refractivity contribution in [2.45, 2.75) is 79.1 Å². The molecule has 0 fully saturated rings. The van der Waals surface area contributed by atoms with Gasteiger partial charge in [-0.15, -0.1) is 0 Å². The Bertz CT molecular complexity index is 1880. The van der Waals surface area contributed by atoms with E-state index in [-0.39, 0.29) is 23.6 Å². The van der Waals surface area contributed by atoms with Crippen LogP contribution in [-0.4, -0.2) is 95.6 Å². The monoisotopic (exact) mass is 700 g/mol. The third-order valence-corrected chi connectivity index (χ3v) is 11.4. The number of carbonyl (C=O) groups is 4. The molecule has 8 nitrogen and oxygen atoms in total. The molecule has 2 aliphatic rings. The summed E-state index contributed by atoms with van der Waals surface area (Å²) in [5, 5.41) is 6.81. The second-order valence-electron chi connectivity index (χ2n) is 14.8. The molecule has 2 aliphatic heterocycles. The molecule has 272 valence electrons. The highest BCUT2D eigenvalue weighted by Gasteiger charge is 2.37. The molecule has 0 saturated carbocycles.